The predicted octanol–water partition coefficient (Wildman–Crippen LogP) is 2.21. The lowest BCUT2D eigenvalue weighted by Gasteiger charge is -2.21. The second-order valence-corrected chi connectivity index (χ2v) is 6.03. The van der Waals surface area contributed by atoms with Gasteiger partial charge in [0.1, 0.15) is 0 Å². The van der Waals surface area contributed by atoms with Gasteiger partial charge in [0, 0.05) is 5.92 Å². The summed E-state index contributed by atoms with van der Waals surface area (Å²) in [5, 5.41) is 0.101. The van der Waals surface area contributed by atoms with Crippen LogP contribution < -0.4 is 0 Å². The Kier molecular flexibility index (Phi) is 7.21. The first kappa shape index (κ1) is 15.3. The average Bonchev–Trinajstić information content (AvgIpc) is 2.15. The van der Waals surface area contributed by atoms with E-state index >= 15 is 0 Å². The molecule has 0 amide bonds. The van der Waals surface area contributed by atoms with Gasteiger partial charge in [-0.3, -0.25) is 9.59 Å². The van der Waals surface area contributed by atoms with Crippen LogP contribution in [0.5, 0.6) is 0 Å². The van der Waals surface area contributed by atoms with E-state index in [1.807, 2.05) is 27.7 Å². The minimum absolute atomic E-state index is 0.0506. The Bertz CT molecular complexity index is 228. The van der Waals surface area contributed by atoms with Gasteiger partial charge in [0.15, 0.2) is 0 Å². The summed E-state index contributed by atoms with van der Waals surface area (Å²) in [6, 6.07) is 0. The summed E-state index contributed by atoms with van der Waals surface area (Å²) < 4.78 is 9.80. The summed E-state index contributed by atoms with van der Waals surface area (Å²) in [5.74, 6) is -0.398. The highest BCUT2D eigenvalue weighted by Crippen LogP contribution is 2.19. The van der Waals surface area contributed by atoms with Crippen molar-refractivity contribution in [1.29, 1.82) is 0 Å². The molecule has 0 saturated heterocycles. The summed E-state index contributed by atoms with van der Waals surface area (Å²) in [6.07, 6.45) is -0.791. The molecule has 0 aromatic heterocycles. The first-order valence-corrected chi connectivity index (χ1v) is 6.27. The molecule has 0 radical (unpaired) electrons. The Morgan fingerprint density at radius 3 is 2.12 bits per heavy atom. The lowest BCUT2D eigenvalue weighted by Crippen LogP contribution is -2.30. The van der Waals surface area contributed by atoms with Crippen molar-refractivity contribution in [3.05, 3.63) is 0 Å². The zero-order valence-corrected chi connectivity index (χ0v) is 11.2. The Morgan fingerprint density at radius 2 is 1.75 bits per heavy atom. The van der Waals surface area contributed by atoms with Crippen LogP contribution in [0.4, 0.5) is 0 Å². The van der Waals surface area contributed by atoms with Crippen LogP contribution in [0.25, 0.3) is 0 Å². The van der Waals surface area contributed by atoms with Gasteiger partial charge in [0.05, 0.1) is 5.25 Å². The number of rotatable bonds is 7. The van der Waals surface area contributed by atoms with E-state index in [0.717, 1.165) is 0 Å². The summed E-state index contributed by atoms with van der Waals surface area (Å²) in [5.41, 5.74) is 0. The van der Waals surface area contributed by atoms with E-state index < -0.39 is 6.29 Å². The largest absolute Gasteiger partial charge is 0.427 e. The van der Waals surface area contributed by atoms with Crippen molar-refractivity contribution >= 4 is 24.2 Å². The standard InChI is InChI=1S/C11H20O4S/c1-7(2)11(14-6-12)15-10(13)9(5)16-8(3)4/h6-9,11H,1-5H3. The summed E-state index contributed by atoms with van der Waals surface area (Å²) in [4.78, 5) is 21.9. The third-order valence-electron chi connectivity index (χ3n) is 1.77. The maximum absolute atomic E-state index is 11.6. The van der Waals surface area contributed by atoms with Gasteiger partial charge in [-0.1, -0.05) is 27.7 Å². The molecule has 0 fully saturated rings. The highest BCUT2D eigenvalue weighted by Gasteiger charge is 2.24. The SMILES string of the molecule is CC(C)SC(C)C(=O)OC(OC=O)C(C)C. The second-order valence-electron chi connectivity index (χ2n) is 4.11. The molecule has 0 aliphatic heterocycles. The average molecular weight is 248 g/mol. The van der Waals surface area contributed by atoms with Crippen LogP contribution in [0, 0.1) is 5.92 Å². The quantitative estimate of drug-likeness (QED) is 0.393. The van der Waals surface area contributed by atoms with Crippen molar-refractivity contribution in [2.24, 2.45) is 5.92 Å². The molecule has 94 valence electrons. The molecule has 2 unspecified atom stereocenters. The zero-order chi connectivity index (χ0) is 12.7. The minimum atomic E-state index is -0.791. The van der Waals surface area contributed by atoms with Crippen molar-refractivity contribution in [3.8, 4) is 0 Å². The van der Waals surface area contributed by atoms with Gasteiger partial charge in [-0.2, -0.15) is 0 Å². The van der Waals surface area contributed by atoms with Crippen molar-refractivity contribution in [3.63, 3.8) is 0 Å². The number of hydrogen-bond acceptors (Lipinski definition) is 5. The Morgan fingerprint density at radius 1 is 1.19 bits per heavy atom. The van der Waals surface area contributed by atoms with E-state index in [9.17, 15) is 9.59 Å². The highest BCUT2D eigenvalue weighted by atomic mass is 32.2. The Hall–Kier alpha value is -0.710. The lowest BCUT2D eigenvalue weighted by atomic mass is 10.2. The molecule has 0 heterocycles. The van der Waals surface area contributed by atoms with Crippen molar-refractivity contribution in [1.82, 2.24) is 0 Å². The molecule has 0 aromatic carbocycles. The molecule has 0 saturated carbocycles. The van der Waals surface area contributed by atoms with Crippen LogP contribution in [-0.2, 0) is 19.1 Å². The second kappa shape index (κ2) is 7.54. The third kappa shape index (κ3) is 6.00. The summed E-state index contributed by atoms with van der Waals surface area (Å²) in [7, 11) is 0. The van der Waals surface area contributed by atoms with Crippen LogP contribution in [0.15, 0.2) is 0 Å². The Balaban J connectivity index is 4.22. The van der Waals surface area contributed by atoms with Gasteiger partial charge >= 0.3 is 5.97 Å². The molecule has 0 aliphatic carbocycles. The molecule has 0 aliphatic rings. The van der Waals surface area contributed by atoms with E-state index in [1.165, 1.54) is 11.8 Å². The van der Waals surface area contributed by atoms with Crippen LogP contribution in [-0.4, -0.2) is 29.2 Å². The fourth-order valence-electron chi connectivity index (χ4n) is 1.05. The molecule has 2 atom stereocenters. The molecular weight excluding hydrogens is 228 g/mol. The topological polar surface area (TPSA) is 52.6 Å². The smallest absolute Gasteiger partial charge is 0.321 e. The van der Waals surface area contributed by atoms with E-state index in [2.05, 4.69) is 0 Å². The summed E-state index contributed by atoms with van der Waals surface area (Å²) in [6.45, 7) is 9.75. The normalized spacial score (nSPS) is 14.7. The van der Waals surface area contributed by atoms with Gasteiger partial charge in [-0.25, -0.2) is 0 Å². The lowest BCUT2D eigenvalue weighted by molar-refractivity contribution is -0.186. The van der Waals surface area contributed by atoms with Crippen LogP contribution in [0.2, 0.25) is 0 Å². The number of esters is 1. The number of ether oxygens (including phenoxy) is 2. The van der Waals surface area contributed by atoms with Crippen molar-refractivity contribution < 1.29 is 19.1 Å². The van der Waals surface area contributed by atoms with Gasteiger partial charge in [-0.15, -0.1) is 11.8 Å². The predicted molar refractivity (Wildman–Crippen MR) is 64.1 cm³/mol. The molecule has 0 N–H and O–H groups in total. The van der Waals surface area contributed by atoms with Gasteiger partial charge in [0.25, 0.3) is 6.47 Å². The number of carbonyl (C=O) groups is 2. The van der Waals surface area contributed by atoms with Gasteiger partial charge in [-0.05, 0) is 12.2 Å². The summed E-state index contributed by atoms with van der Waals surface area (Å²) >= 11 is 1.52. The molecule has 0 bridgehead atoms. The molecule has 16 heavy (non-hydrogen) atoms. The van der Waals surface area contributed by atoms with E-state index in [0.29, 0.717) is 11.7 Å². The van der Waals surface area contributed by atoms with Crippen molar-refractivity contribution in [2.75, 3.05) is 0 Å². The monoisotopic (exact) mass is 248 g/mol. The van der Waals surface area contributed by atoms with Crippen LogP contribution in [0.1, 0.15) is 34.6 Å². The molecule has 5 heteroatoms. The maximum Gasteiger partial charge on any atom is 0.321 e. The molecular formula is C11H20O4S. The van der Waals surface area contributed by atoms with Crippen LogP contribution >= 0.6 is 11.8 Å². The zero-order valence-electron chi connectivity index (χ0n) is 10.4. The fourth-order valence-corrected chi connectivity index (χ4v) is 2.03. The van der Waals surface area contributed by atoms with E-state index in [-0.39, 0.29) is 17.1 Å². The van der Waals surface area contributed by atoms with Gasteiger partial charge in [0.2, 0.25) is 6.29 Å². The number of thioether (sulfide) groups is 1. The van der Waals surface area contributed by atoms with Crippen molar-refractivity contribution in [2.45, 2.75) is 51.4 Å². The first-order valence-electron chi connectivity index (χ1n) is 5.33. The number of hydrogen-bond donors (Lipinski definition) is 0. The van der Waals surface area contributed by atoms with Gasteiger partial charge < -0.3 is 9.47 Å². The maximum atomic E-state index is 11.6. The molecule has 4 nitrogen and oxygen atoms in total. The van der Waals surface area contributed by atoms with E-state index in [4.69, 9.17) is 9.47 Å². The van der Waals surface area contributed by atoms with Crippen LogP contribution in [0.3, 0.4) is 0 Å². The van der Waals surface area contributed by atoms with E-state index in [1.54, 1.807) is 6.92 Å². The first-order chi connectivity index (χ1) is 7.38. The molecule has 0 aromatic rings. The third-order valence-corrected chi connectivity index (χ3v) is 2.92. The highest BCUT2D eigenvalue weighted by molar-refractivity contribution is 8.01. The Labute approximate surface area is 101 Å². The number of carbonyl (C=O) groups excluding carboxylic acids is 2. The molecule has 0 rings (SSSR count). The fraction of sp³-hybridized carbons (Fsp3) is 0.818. The molecule has 0 spiro atoms. The minimum Gasteiger partial charge on any atom is -0.427 e.